The van der Waals surface area contributed by atoms with Gasteiger partial charge in [0, 0.05) is 49.2 Å². The fourth-order valence-corrected chi connectivity index (χ4v) is 3.78. The van der Waals surface area contributed by atoms with Gasteiger partial charge in [0.1, 0.15) is 11.3 Å². The molecule has 0 spiro atoms. The molecule has 1 aliphatic rings. The fraction of sp³-hybridized carbons (Fsp3) is 0.286. The van der Waals surface area contributed by atoms with Crippen molar-refractivity contribution < 1.29 is 9.15 Å². The maximum atomic E-state index is 11.9. The van der Waals surface area contributed by atoms with Gasteiger partial charge < -0.3 is 14.1 Å². The largest absolute Gasteiger partial charge is 0.495 e. The van der Waals surface area contributed by atoms with Crippen molar-refractivity contribution in [1.82, 2.24) is 4.90 Å². The highest BCUT2D eigenvalue weighted by Gasteiger charge is 2.20. The van der Waals surface area contributed by atoms with E-state index in [2.05, 4.69) is 15.9 Å². The van der Waals surface area contributed by atoms with E-state index in [1.807, 2.05) is 24.3 Å². The number of para-hydroxylation sites is 2. The standard InChI is InChI=1S/C21H21ClN2O3/c1-26-20-5-3-2-4-18(20)24-10-8-23(9-11-24)14-15-12-21(25)27-19-7-6-16(22)13-17(15)19/h2-7,12-13H,8-11,14H2,1H3. The van der Waals surface area contributed by atoms with Crippen LogP contribution in [0.25, 0.3) is 11.0 Å². The molecule has 1 aliphatic heterocycles. The Bertz CT molecular complexity index is 1010. The molecule has 6 heteroatoms. The van der Waals surface area contributed by atoms with Crippen molar-refractivity contribution in [2.24, 2.45) is 0 Å². The minimum atomic E-state index is -0.326. The number of benzene rings is 2. The lowest BCUT2D eigenvalue weighted by Gasteiger charge is -2.36. The van der Waals surface area contributed by atoms with E-state index in [1.54, 1.807) is 25.3 Å². The van der Waals surface area contributed by atoms with Gasteiger partial charge in [-0.15, -0.1) is 0 Å². The molecule has 0 bridgehead atoms. The van der Waals surface area contributed by atoms with Gasteiger partial charge in [0.25, 0.3) is 0 Å². The molecule has 27 heavy (non-hydrogen) atoms. The van der Waals surface area contributed by atoms with Crippen LogP contribution in [0.1, 0.15) is 5.56 Å². The number of fused-ring (bicyclic) bond motifs is 1. The van der Waals surface area contributed by atoms with Crippen molar-refractivity contribution in [3.8, 4) is 5.75 Å². The summed E-state index contributed by atoms with van der Waals surface area (Å²) in [6.45, 7) is 4.31. The predicted molar refractivity (Wildman–Crippen MR) is 108 cm³/mol. The Morgan fingerprint density at radius 1 is 1.07 bits per heavy atom. The molecule has 0 saturated carbocycles. The van der Waals surface area contributed by atoms with Crippen LogP contribution in [-0.4, -0.2) is 38.2 Å². The first-order valence-electron chi connectivity index (χ1n) is 8.96. The monoisotopic (exact) mass is 384 g/mol. The summed E-state index contributed by atoms with van der Waals surface area (Å²) in [5, 5.41) is 1.54. The first-order chi connectivity index (χ1) is 13.1. The minimum absolute atomic E-state index is 0.326. The Morgan fingerprint density at radius 2 is 1.85 bits per heavy atom. The lowest BCUT2D eigenvalue weighted by atomic mass is 10.1. The van der Waals surface area contributed by atoms with Crippen molar-refractivity contribution >= 4 is 28.3 Å². The summed E-state index contributed by atoms with van der Waals surface area (Å²) in [5.74, 6) is 0.896. The van der Waals surface area contributed by atoms with E-state index >= 15 is 0 Å². The molecule has 2 heterocycles. The molecule has 0 unspecified atom stereocenters. The molecule has 140 valence electrons. The Labute approximate surface area is 162 Å². The van der Waals surface area contributed by atoms with Crippen molar-refractivity contribution in [3.63, 3.8) is 0 Å². The van der Waals surface area contributed by atoms with Crippen LogP contribution >= 0.6 is 11.6 Å². The molecule has 0 amide bonds. The van der Waals surface area contributed by atoms with Gasteiger partial charge in [-0.1, -0.05) is 23.7 Å². The highest BCUT2D eigenvalue weighted by molar-refractivity contribution is 6.31. The van der Waals surface area contributed by atoms with Gasteiger partial charge in [-0.25, -0.2) is 4.79 Å². The molecule has 5 nitrogen and oxygen atoms in total. The smallest absolute Gasteiger partial charge is 0.336 e. The minimum Gasteiger partial charge on any atom is -0.495 e. The van der Waals surface area contributed by atoms with E-state index in [9.17, 15) is 4.79 Å². The number of rotatable bonds is 4. The topological polar surface area (TPSA) is 45.9 Å². The van der Waals surface area contributed by atoms with E-state index in [4.69, 9.17) is 20.8 Å². The lowest BCUT2D eigenvalue weighted by molar-refractivity contribution is 0.249. The number of ether oxygens (including phenoxy) is 1. The molecule has 0 radical (unpaired) electrons. The molecule has 2 aromatic carbocycles. The van der Waals surface area contributed by atoms with Crippen LogP contribution in [0.5, 0.6) is 5.75 Å². The third-order valence-corrected chi connectivity index (χ3v) is 5.22. The SMILES string of the molecule is COc1ccccc1N1CCN(Cc2cc(=O)oc3ccc(Cl)cc23)CC1. The van der Waals surface area contributed by atoms with Gasteiger partial charge in [0.05, 0.1) is 12.8 Å². The van der Waals surface area contributed by atoms with Crippen LogP contribution in [0.4, 0.5) is 5.69 Å². The Hall–Kier alpha value is -2.50. The summed E-state index contributed by atoms with van der Waals surface area (Å²) in [6.07, 6.45) is 0. The number of methoxy groups -OCH3 is 1. The summed E-state index contributed by atoms with van der Waals surface area (Å²) in [6, 6.07) is 15.0. The molecular formula is C21H21ClN2O3. The normalized spacial score (nSPS) is 15.3. The summed E-state index contributed by atoms with van der Waals surface area (Å²) < 4.78 is 10.8. The molecule has 0 N–H and O–H groups in total. The Kier molecular flexibility index (Phi) is 5.05. The zero-order valence-electron chi connectivity index (χ0n) is 15.2. The Balaban J connectivity index is 1.51. The first-order valence-corrected chi connectivity index (χ1v) is 9.34. The number of nitrogens with zero attached hydrogens (tertiary/aromatic N) is 2. The molecule has 1 saturated heterocycles. The second-order valence-electron chi connectivity index (χ2n) is 6.67. The highest BCUT2D eigenvalue weighted by atomic mass is 35.5. The lowest BCUT2D eigenvalue weighted by Crippen LogP contribution is -2.46. The van der Waals surface area contributed by atoms with E-state index in [-0.39, 0.29) is 5.63 Å². The number of hydrogen-bond donors (Lipinski definition) is 0. The van der Waals surface area contributed by atoms with E-state index in [0.717, 1.165) is 48.6 Å². The van der Waals surface area contributed by atoms with Gasteiger partial charge in [-0.05, 0) is 35.9 Å². The average Bonchev–Trinajstić information content (AvgIpc) is 2.69. The third kappa shape index (κ3) is 3.80. The van der Waals surface area contributed by atoms with Crippen LogP contribution in [0.15, 0.2) is 57.7 Å². The van der Waals surface area contributed by atoms with Crippen LogP contribution in [0.3, 0.4) is 0 Å². The van der Waals surface area contributed by atoms with Crippen LogP contribution in [0, 0.1) is 0 Å². The highest BCUT2D eigenvalue weighted by Crippen LogP contribution is 2.29. The molecule has 0 atom stereocenters. The third-order valence-electron chi connectivity index (χ3n) is 4.98. The van der Waals surface area contributed by atoms with Crippen LogP contribution in [-0.2, 0) is 6.54 Å². The summed E-state index contributed by atoms with van der Waals surface area (Å²) in [7, 11) is 1.70. The Morgan fingerprint density at radius 3 is 2.63 bits per heavy atom. The summed E-state index contributed by atoms with van der Waals surface area (Å²) >= 11 is 6.14. The van der Waals surface area contributed by atoms with Gasteiger partial charge in [0.15, 0.2) is 0 Å². The molecular weight excluding hydrogens is 364 g/mol. The van der Waals surface area contributed by atoms with Gasteiger partial charge in [0.2, 0.25) is 0 Å². The molecule has 3 aromatic rings. The quantitative estimate of drug-likeness (QED) is 0.640. The van der Waals surface area contributed by atoms with Crippen molar-refractivity contribution in [2.75, 3.05) is 38.2 Å². The zero-order valence-corrected chi connectivity index (χ0v) is 15.9. The van der Waals surface area contributed by atoms with Gasteiger partial charge >= 0.3 is 5.63 Å². The second kappa shape index (κ2) is 7.62. The molecule has 1 aromatic heterocycles. The average molecular weight is 385 g/mol. The van der Waals surface area contributed by atoms with Crippen molar-refractivity contribution in [2.45, 2.75) is 6.54 Å². The maximum Gasteiger partial charge on any atom is 0.336 e. The number of piperazine rings is 1. The summed E-state index contributed by atoms with van der Waals surface area (Å²) in [4.78, 5) is 16.6. The van der Waals surface area contributed by atoms with E-state index < -0.39 is 0 Å². The predicted octanol–water partition coefficient (Wildman–Crippen LogP) is 3.78. The van der Waals surface area contributed by atoms with Gasteiger partial charge in [-0.2, -0.15) is 0 Å². The second-order valence-corrected chi connectivity index (χ2v) is 7.10. The van der Waals surface area contributed by atoms with Crippen molar-refractivity contribution in [1.29, 1.82) is 0 Å². The van der Waals surface area contributed by atoms with Crippen LogP contribution in [0.2, 0.25) is 5.02 Å². The number of hydrogen-bond acceptors (Lipinski definition) is 5. The molecule has 4 rings (SSSR count). The van der Waals surface area contributed by atoms with Crippen molar-refractivity contribution in [3.05, 3.63) is 69.5 Å². The number of anilines is 1. The maximum absolute atomic E-state index is 11.9. The van der Waals surface area contributed by atoms with Gasteiger partial charge in [-0.3, -0.25) is 4.90 Å². The summed E-state index contributed by atoms with van der Waals surface area (Å²) in [5.41, 5.74) is 2.33. The molecule has 1 fully saturated rings. The molecule has 0 aliphatic carbocycles. The van der Waals surface area contributed by atoms with E-state index in [0.29, 0.717) is 17.2 Å². The first kappa shape index (κ1) is 17.9. The number of halogens is 1. The fourth-order valence-electron chi connectivity index (χ4n) is 3.61. The zero-order chi connectivity index (χ0) is 18.8. The van der Waals surface area contributed by atoms with E-state index in [1.165, 1.54) is 0 Å². The van der Waals surface area contributed by atoms with Crippen LogP contribution < -0.4 is 15.3 Å².